The molecule has 0 unspecified atom stereocenters. The Kier molecular flexibility index (Phi) is 5.69. The molecule has 0 spiro atoms. The third-order valence-corrected chi connectivity index (χ3v) is 5.12. The smallest absolute Gasteiger partial charge is 0.251 e. The molecule has 0 radical (unpaired) electrons. The lowest BCUT2D eigenvalue weighted by atomic mass is 10.2. The first-order valence-corrected chi connectivity index (χ1v) is 9.75. The average Bonchev–Trinajstić information content (AvgIpc) is 3.08. The number of benzene rings is 1. The molecular weight excluding hydrogens is 370 g/mol. The predicted octanol–water partition coefficient (Wildman–Crippen LogP) is 2.95. The van der Waals surface area contributed by atoms with Crippen LogP contribution in [0.1, 0.15) is 17.3 Å². The van der Waals surface area contributed by atoms with Gasteiger partial charge in [-0.2, -0.15) is 0 Å². The number of amides is 2. The maximum Gasteiger partial charge on any atom is 0.251 e. The van der Waals surface area contributed by atoms with Crippen molar-refractivity contribution in [3.63, 3.8) is 0 Å². The van der Waals surface area contributed by atoms with Gasteiger partial charge < -0.3 is 16.4 Å². The molecule has 7 nitrogen and oxygen atoms in total. The number of carbonyl (C=O) groups is 2. The molecule has 2 aromatic heterocycles. The minimum Gasteiger partial charge on any atom is -0.370 e. The summed E-state index contributed by atoms with van der Waals surface area (Å²) in [5.41, 5.74) is 6.41. The molecule has 0 fully saturated rings. The number of nitrogens with zero attached hydrogens (tertiary/aromatic N) is 2. The molecular formula is C17H17N5O2S2. The number of hydrogen-bond acceptors (Lipinski definition) is 7. The van der Waals surface area contributed by atoms with Crippen LogP contribution in [0.2, 0.25) is 0 Å². The summed E-state index contributed by atoms with van der Waals surface area (Å²) in [7, 11) is 0. The van der Waals surface area contributed by atoms with Crippen LogP contribution in [-0.4, -0.2) is 34.1 Å². The van der Waals surface area contributed by atoms with E-state index in [9.17, 15) is 9.59 Å². The van der Waals surface area contributed by atoms with Crippen LogP contribution < -0.4 is 16.4 Å². The van der Waals surface area contributed by atoms with Crippen molar-refractivity contribution in [3.05, 3.63) is 41.3 Å². The summed E-state index contributed by atoms with van der Waals surface area (Å²) in [6, 6.07) is 9.30. The SMILES string of the molecule is CCNc1nc(SCC(=O)Nc2sccc2C(N)=O)nc2ccccc12. The van der Waals surface area contributed by atoms with E-state index in [1.807, 2.05) is 31.2 Å². The van der Waals surface area contributed by atoms with Crippen LogP contribution >= 0.6 is 23.1 Å². The zero-order chi connectivity index (χ0) is 18.5. The van der Waals surface area contributed by atoms with Gasteiger partial charge in [0.15, 0.2) is 5.16 Å². The number of rotatable bonds is 7. The van der Waals surface area contributed by atoms with Crippen LogP contribution in [0.4, 0.5) is 10.8 Å². The van der Waals surface area contributed by atoms with Gasteiger partial charge in [0.1, 0.15) is 10.8 Å². The summed E-state index contributed by atoms with van der Waals surface area (Å²) in [5.74, 6) is 0.0549. The molecule has 0 saturated carbocycles. The van der Waals surface area contributed by atoms with Crippen LogP contribution in [0.15, 0.2) is 40.9 Å². The van der Waals surface area contributed by atoms with E-state index in [1.54, 1.807) is 11.4 Å². The summed E-state index contributed by atoms with van der Waals surface area (Å²) in [6.45, 7) is 2.73. The fourth-order valence-electron chi connectivity index (χ4n) is 2.31. The van der Waals surface area contributed by atoms with Crippen molar-refractivity contribution in [2.24, 2.45) is 5.73 Å². The largest absolute Gasteiger partial charge is 0.370 e. The van der Waals surface area contributed by atoms with Crippen LogP contribution in [-0.2, 0) is 4.79 Å². The second-order valence-electron chi connectivity index (χ2n) is 5.27. The van der Waals surface area contributed by atoms with E-state index in [0.29, 0.717) is 15.7 Å². The molecule has 3 rings (SSSR count). The number of thioether (sulfide) groups is 1. The first-order chi connectivity index (χ1) is 12.6. The van der Waals surface area contributed by atoms with E-state index in [1.165, 1.54) is 23.1 Å². The summed E-state index contributed by atoms with van der Waals surface area (Å²) in [5, 5.41) is 9.53. The number of para-hydroxylation sites is 1. The summed E-state index contributed by atoms with van der Waals surface area (Å²) in [6.07, 6.45) is 0. The number of nitrogens with one attached hydrogen (secondary N) is 2. The van der Waals surface area contributed by atoms with E-state index < -0.39 is 5.91 Å². The third-order valence-electron chi connectivity index (χ3n) is 3.44. The van der Waals surface area contributed by atoms with Gasteiger partial charge in [-0.3, -0.25) is 9.59 Å². The van der Waals surface area contributed by atoms with Crippen LogP contribution in [0, 0.1) is 0 Å². The highest BCUT2D eigenvalue weighted by Crippen LogP contribution is 2.26. The van der Waals surface area contributed by atoms with E-state index >= 15 is 0 Å². The Bertz CT molecular complexity index is 957. The van der Waals surface area contributed by atoms with Gasteiger partial charge >= 0.3 is 0 Å². The number of hydrogen-bond donors (Lipinski definition) is 3. The lowest BCUT2D eigenvalue weighted by molar-refractivity contribution is -0.113. The molecule has 2 heterocycles. The topological polar surface area (TPSA) is 110 Å². The molecule has 0 atom stereocenters. The monoisotopic (exact) mass is 387 g/mol. The maximum atomic E-state index is 12.2. The van der Waals surface area contributed by atoms with E-state index in [0.717, 1.165) is 23.3 Å². The molecule has 1 aromatic carbocycles. The predicted molar refractivity (Wildman–Crippen MR) is 106 cm³/mol. The van der Waals surface area contributed by atoms with Crippen LogP contribution in [0.3, 0.4) is 0 Å². The molecule has 4 N–H and O–H groups in total. The Morgan fingerprint density at radius 1 is 1.23 bits per heavy atom. The third kappa shape index (κ3) is 4.12. The van der Waals surface area contributed by atoms with E-state index in [4.69, 9.17) is 5.73 Å². The Morgan fingerprint density at radius 2 is 2.04 bits per heavy atom. The Morgan fingerprint density at radius 3 is 2.81 bits per heavy atom. The van der Waals surface area contributed by atoms with Gasteiger partial charge in [-0.1, -0.05) is 23.9 Å². The number of nitrogens with two attached hydrogens (primary N) is 1. The molecule has 134 valence electrons. The molecule has 0 aliphatic carbocycles. The Labute approximate surface area is 158 Å². The second kappa shape index (κ2) is 8.15. The number of aromatic nitrogens is 2. The average molecular weight is 387 g/mol. The van der Waals surface area contributed by atoms with Gasteiger partial charge in [0.05, 0.1) is 16.8 Å². The molecule has 0 saturated heterocycles. The molecule has 0 aliphatic heterocycles. The van der Waals surface area contributed by atoms with Gasteiger partial charge in [-0.15, -0.1) is 11.3 Å². The highest BCUT2D eigenvalue weighted by Gasteiger charge is 2.14. The standard InChI is InChI=1S/C17H17N5O2S2/c1-2-19-15-10-5-3-4-6-12(10)20-17(22-15)26-9-13(23)21-16-11(14(18)24)7-8-25-16/h3-8H,2,9H2,1H3,(H2,18,24)(H,21,23)(H,19,20,22). The van der Waals surface area contributed by atoms with E-state index in [2.05, 4.69) is 20.6 Å². The van der Waals surface area contributed by atoms with Gasteiger partial charge in [0.2, 0.25) is 5.91 Å². The summed E-state index contributed by atoms with van der Waals surface area (Å²) >= 11 is 2.49. The van der Waals surface area contributed by atoms with Crippen molar-refractivity contribution in [2.45, 2.75) is 12.1 Å². The first kappa shape index (κ1) is 18.2. The van der Waals surface area contributed by atoms with Crippen molar-refractivity contribution in [2.75, 3.05) is 22.9 Å². The quantitative estimate of drug-likeness (QED) is 0.425. The van der Waals surface area contributed by atoms with Crippen molar-refractivity contribution in [1.82, 2.24) is 9.97 Å². The molecule has 26 heavy (non-hydrogen) atoms. The molecule has 3 aromatic rings. The van der Waals surface area contributed by atoms with Crippen LogP contribution in [0.5, 0.6) is 0 Å². The highest BCUT2D eigenvalue weighted by atomic mass is 32.2. The Balaban J connectivity index is 1.72. The normalized spacial score (nSPS) is 10.7. The van der Waals surface area contributed by atoms with Crippen molar-refractivity contribution in [3.8, 4) is 0 Å². The minimum atomic E-state index is -0.567. The van der Waals surface area contributed by atoms with Crippen molar-refractivity contribution in [1.29, 1.82) is 0 Å². The van der Waals surface area contributed by atoms with Gasteiger partial charge in [-0.25, -0.2) is 9.97 Å². The first-order valence-electron chi connectivity index (χ1n) is 7.89. The highest BCUT2D eigenvalue weighted by molar-refractivity contribution is 7.99. The zero-order valence-electron chi connectivity index (χ0n) is 14.0. The summed E-state index contributed by atoms with van der Waals surface area (Å²) in [4.78, 5) is 32.5. The number of carbonyl (C=O) groups excluding carboxylic acids is 2. The maximum absolute atomic E-state index is 12.2. The van der Waals surface area contributed by atoms with E-state index in [-0.39, 0.29) is 11.7 Å². The molecule has 0 aliphatic rings. The number of primary amides is 1. The number of thiophene rings is 1. The van der Waals surface area contributed by atoms with Gasteiger partial charge in [0, 0.05) is 11.9 Å². The van der Waals surface area contributed by atoms with Gasteiger partial charge in [0.25, 0.3) is 5.91 Å². The van der Waals surface area contributed by atoms with Crippen molar-refractivity contribution >= 4 is 56.6 Å². The molecule has 9 heteroatoms. The lowest BCUT2D eigenvalue weighted by Gasteiger charge is -2.09. The number of anilines is 2. The fourth-order valence-corrected chi connectivity index (χ4v) is 3.77. The van der Waals surface area contributed by atoms with Crippen LogP contribution in [0.25, 0.3) is 10.9 Å². The molecule has 2 amide bonds. The fraction of sp³-hybridized carbons (Fsp3) is 0.176. The van der Waals surface area contributed by atoms with Gasteiger partial charge in [-0.05, 0) is 30.5 Å². The minimum absolute atomic E-state index is 0.125. The Hall–Kier alpha value is -2.65. The summed E-state index contributed by atoms with van der Waals surface area (Å²) < 4.78 is 0. The lowest BCUT2D eigenvalue weighted by Crippen LogP contribution is -2.18. The number of fused-ring (bicyclic) bond motifs is 1. The molecule has 0 bridgehead atoms. The zero-order valence-corrected chi connectivity index (χ0v) is 15.6. The van der Waals surface area contributed by atoms with Crippen molar-refractivity contribution < 1.29 is 9.59 Å². The second-order valence-corrected chi connectivity index (χ2v) is 7.13.